The molecular weight excluding hydrogens is 628 g/mol. The van der Waals surface area contributed by atoms with Gasteiger partial charge in [-0.2, -0.15) is 0 Å². The van der Waals surface area contributed by atoms with Gasteiger partial charge in [0.05, 0.1) is 12.2 Å². The maximum atomic E-state index is 14.0. The zero-order valence-electron chi connectivity index (χ0n) is 32.6. The molecule has 0 bridgehead atoms. The normalized spacial score (nSPS) is 37.1. The molecule has 0 radical (unpaired) electrons. The maximum Gasteiger partial charge on any atom is 0.245 e. The number of fused-ring (bicyclic) bond motifs is 5. The Morgan fingerprint density at radius 2 is 1.46 bits per heavy atom. The van der Waals surface area contributed by atoms with Crippen LogP contribution in [-0.2, 0) is 14.4 Å². The first-order valence-corrected chi connectivity index (χ1v) is 20.7. The van der Waals surface area contributed by atoms with Crippen LogP contribution in [0.4, 0.5) is 0 Å². The van der Waals surface area contributed by atoms with Crippen LogP contribution < -0.4 is 10.6 Å². The number of hydrogen-bond donors (Lipinski definition) is 4. The minimum atomic E-state index is -0.655. The van der Waals surface area contributed by atoms with E-state index < -0.39 is 12.1 Å². The Morgan fingerprint density at radius 1 is 0.800 bits per heavy atom. The average molecular weight is 701 g/mol. The van der Waals surface area contributed by atoms with E-state index in [9.17, 15) is 24.6 Å². The molecule has 1 saturated heterocycles. The highest BCUT2D eigenvalue weighted by molar-refractivity contribution is 5.92. The third-order valence-corrected chi connectivity index (χ3v) is 14.4. The largest absolute Gasteiger partial charge is 0.393 e. The number of amides is 3. The van der Waals surface area contributed by atoms with Gasteiger partial charge in [0, 0.05) is 38.6 Å². The van der Waals surface area contributed by atoms with Gasteiger partial charge in [-0.25, -0.2) is 0 Å². The lowest BCUT2D eigenvalue weighted by molar-refractivity contribution is -0.157. The van der Waals surface area contributed by atoms with Gasteiger partial charge in [0.2, 0.25) is 17.7 Å². The number of nitrogens with zero attached hydrogens (tertiary/aromatic N) is 2. The highest BCUT2D eigenvalue weighted by atomic mass is 16.3. The van der Waals surface area contributed by atoms with Crippen molar-refractivity contribution < 1.29 is 24.6 Å². The van der Waals surface area contributed by atoms with Gasteiger partial charge in [-0.1, -0.05) is 61.3 Å². The predicted molar refractivity (Wildman–Crippen MR) is 198 cm³/mol. The SMILES string of the molecule is CCCCCC(=O)N[C@@H](CC(C)C)C(=O)N[C@@H](CC(C)C)C(=O)N1CCN([C@H]2C[C@@]3(C)[C@@H](CC[C@@H]4[C@@H]3CC[C@]3(C)[C@@H](O)CC[C@@H]43)C[C@@H]2O)CC1. The molecule has 4 N–H and O–H groups in total. The summed E-state index contributed by atoms with van der Waals surface area (Å²) in [6.45, 7) is 17.8. The van der Waals surface area contributed by atoms with Gasteiger partial charge in [-0.15, -0.1) is 0 Å². The molecule has 5 aliphatic rings. The van der Waals surface area contributed by atoms with Crippen molar-refractivity contribution in [2.45, 2.75) is 169 Å². The second kappa shape index (κ2) is 16.5. The number of aliphatic hydroxyl groups excluding tert-OH is 2. The number of rotatable bonds is 13. The van der Waals surface area contributed by atoms with E-state index >= 15 is 0 Å². The molecule has 286 valence electrons. The number of carbonyl (C=O) groups is 3. The molecule has 0 aromatic heterocycles. The van der Waals surface area contributed by atoms with E-state index in [2.05, 4.69) is 50.2 Å². The molecule has 4 aliphatic carbocycles. The lowest BCUT2D eigenvalue weighted by atomic mass is 9.44. The quantitative estimate of drug-likeness (QED) is 0.188. The second-order valence-corrected chi connectivity index (χ2v) is 18.6. The van der Waals surface area contributed by atoms with Crippen LogP contribution >= 0.6 is 0 Å². The first-order valence-electron chi connectivity index (χ1n) is 20.7. The predicted octanol–water partition coefficient (Wildman–Crippen LogP) is 5.52. The summed E-state index contributed by atoms with van der Waals surface area (Å²) in [5.74, 6) is 2.53. The Bertz CT molecular complexity index is 1170. The van der Waals surface area contributed by atoms with Gasteiger partial charge in [-0.3, -0.25) is 19.3 Å². The number of piperazine rings is 1. The Kier molecular flexibility index (Phi) is 13.1. The summed E-state index contributed by atoms with van der Waals surface area (Å²) in [6, 6.07) is -1.19. The number of unbranched alkanes of at least 4 members (excludes halogenated alkanes) is 2. The average Bonchev–Trinajstić information content (AvgIpc) is 3.37. The fraction of sp³-hybridized carbons (Fsp3) is 0.927. The summed E-state index contributed by atoms with van der Waals surface area (Å²) in [6.07, 6.45) is 12.5. The van der Waals surface area contributed by atoms with Crippen LogP contribution in [0.1, 0.15) is 138 Å². The fourth-order valence-corrected chi connectivity index (χ4v) is 11.6. The van der Waals surface area contributed by atoms with E-state index in [1.165, 1.54) is 19.3 Å². The highest BCUT2D eigenvalue weighted by Gasteiger charge is 2.61. The Morgan fingerprint density at radius 3 is 2.12 bits per heavy atom. The third-order valence-electron chi connectivity index (χ3n) is 14.4. The van der Waals surface area contributed by atoms with Gasteiger partial charge in [0.1, 0.15) is 12.1 Å². The van der Waals surface area contributed by atoms with E-state index in [0.29, 0.717) is 56.0 Å². The van der Waals surface area contributed by atoms with Crippen LogP contribution in [0.15, 0.2) is 0 Å². The van der Waals surface area contributed by atoms with Crippen LogP contribution in [0, 0.1) is 46.3 Å². The zero-order valence-corrected chi connectivity index (χ0v) is 32.6. The van der Waals surface area contributed by atoms with Crippen molar-refractivity contribution in [2.75, 3.05) is 26.2 Å². The molecule has 1 heterocycles. The molecule has 0 aromatic rings. The van der Waals surface area contributed by atoms with Gasteiger partial charge in [0.25, 0.3) is 0 Å². The molecule has 4 saturated carbocycles. The first-order chi connectivity index (χ1) is 23.7. The molecule has 0 aromatic carbocycles. The maximum absolute atomic E-state index is 14.0. The van der Waals surface area contributed by atoms with E-state index in [1.54, 1.807) is 0 Å². The zero-order chi connectivity index (χ0) is 36.4. The van der Waals surface area contributed by atoms with E-state index in [4.69, 9.17) is 0 Å². The summed E-state index contributed by atoms with van der Waals surface area (Å²) in [5, 5.41) is 28.5. The lowest BCUT2D eigenvalue weighted by Crippen LogP contribution is -2.63. The van der Waals surface area contributed by atoms with Gasteiger partial charge in [0.15, 0.2) is 0 Å². The fourth-order valence-electron chi connectivity index (χ4n) is 11.6. The van der Waals surface area contributed by atoms with Crippen LogP contribution in [0.5, 0.6) is 0 Å². The van der Waals surface area contributed by atoms with Crippen molar-refractivity contribution in [3.63, 3.8) is 0 Å². The molecule has 50 heavy (non-hydrogen) atoms. The van der Waals surface area contributed by atoms with Crippen molar-refractivity contribution in [1.82, 2.24) is 20.4 Å². The van der Waals surface area contributed by atoms with Crippen molar-refractivity contribution in [3.8, 4) is 0 Å². The highest BCUT2D eigenvalue weighted by Crippen LogP contribution is 2.66. The second-order valence-electron chi connectivity index (χ2n) is 18.6. The lowest BCUT2D eigenvalue weighted by Gasteiger charge is -2.62. The number of nitrogens with one attached hydrogen (secondary N) is 2. The van der Waals surface area contributed by atoms with Gasteiger partial charge >= 0.3 is 0 Å². The molecule has 11 atom stereocenters. The smallest absolute Gasteiger partial charge is 0.245 e. The van der Waals surface area contributed by atoms with Crippen molar-refractivity contribution >= 4 is 17.7 Å². The minimum Gasteiger partial charge on any atom is -0.393 e. The van der Waals surface area contributed by atoms with Crippen LogP contribution in [0.25, 0.3) is 0 Å². The van der Waals surface area contributed by atoms with Crippen molar-refractivity contribution in [1.29, 1.82) is 0 Å². The molecule has 5 fully saturated rings. The summed E-state index contributed by atoms with van der Waals surface area (Å²) >= 11 is 0. The van der Waals surface area contributed by atoms with Crippen molar-refractivity contribution in [3.05, 3.63) is 0 Å². The molecule has 9 nitrogen and oxygen atoms in total. The van der Waals surface area contributed by atoms with E-state index in [-0.39, 0.29) is 58.6 Å². The first kappa shape index (κ1) is 39.5. The van der Waals surface area contributed by atoms with Gasteiger partial charge < -0.3 is 25.7 Å². The molecule has 3 amide bonds. The summed E-state index contributed by atoms with van der Waals surface area (Å²) < 4.78 is 0. The molecule has 9 heteroatoms. The molecule has 0 spiro atoms. The number of hydrogen-bond acceptors (Lipinski definition) is 6. The van der Waals surface area contributed by atoms with Crippen LogP contribution in [0.2, 0.25) is 0 Å². The monoisotopic (exact) mass is 701 g/mol. The van der Waals surface area contributed by atoms with Crippen LogP contribution in [-0.4, -0.2) is 94.2 Å². The summed E-state index contributed by atoms with van der Waals surface area (Å²) in [5.41, 5.74) is 0.268. The van der Waals surface area contributed by atoms with E-state index in [1.807, 2.05) is 18.7 Å². The minimum absolute atomic E-state index is 0.0420. The van der Waals surface area contributed by atoms with Gasteiger partial charge in [-0.05, 0) is 117 Å². The molecule has 0 unspecified atom stereocenters. The standard InChI is InChI=1S/C41H72N4O5/c1-8-9-10-11-37(48)42-32(22-26(2)3)38(49)43-33(23-27(4)5)39(50)45-20-18-44(19-21-45)34-25-41(7)28(24-35(34)46)12-13-29-30-14-15-36(47)40(30,6)17-16-31(29)41/h26-36,46-47H,8-25H2,1-7H3,(H,42,48)(H,43,49)/t28-,29-,30-,31-,32-,33-,34-,35-,36-,40-,41-/m0/s1. The molecular formula is C41H72N4O5. The molecule has 5 rings (SSSR count). The van der Waals surface area contributed by atoms with Crippen LogP contribution in [0.3, 0.4) is 0 Å². The van der Waals surface area contributed by atoms with E-state index in [0.717, 1.165) is 64.5 Å². The number of aliphatic hydroxyl groups is 2. The molecule has 1 aliphatic heterocycles. The third kappa shape index (κ3) is 8.40. The summed E-state index contributed by atoms with van der Waals surface area (Å²) in [4.78, 5) is 44.7. The Labute approximate surface area is 303 Å². The Hall–Kier alpha value is -1.71. The Balaban J connectivity index is 1.20. The van der Waals surface area contributed by atoms with Crippen molar-refractivity contribution in [2.24, 2.45) is 46.3 Å². The number of carbonyl (C=O) groups excluding carboxylic acids is 3. The summed E-state index contributed by atoms with van der Waals surface area (Å²) in [7, 11) is 0. The topological polar surface area (TPSA) is 122 Å².